The third kappa shape index (κ3) is 3.24. The first-order valence-electron chi connectivity index (χ1n) is 9.84. The molecule has 1 saturated heterocycles. The molecule has 4 heterocycles. The van der Waals surface area contributed by atoms with Crippen LogP contribution in [0, 0.1) is 11.3 Å². The number of hydrogen-bond donors (Lipinski definition) is 1. The van der Waals surface area contributed by atoms with Crippen molar-refractivity contribution in [1.29, 1.82) is 5.26 Å². The molecule has 0 radical (unpaired) electrons. The van der Waals surface area contributed by atoms with Crippen molar-refractivity contribution < 1.29 is 0 Å². The summed E-state index contributed by atoms with van der Waals surface area (Å²) in [6.45, 7) is 4.99. The van der Waals surface area contributed by atoms with Gasteiger partial charge in [0.1, 0.15) is 11.6 Å². The van der Waals surface area contributed by atoms with Crippen LogP contribution in [-0.4, -0.2) is 45.4 Å². The number of nitriles is 1. The van der Waals surface area contributed by atoms with E-state index in [1.54, 1.807) is 10.7 Å². The van der Waals surface area contributed by atoms with Gasteiger partial charge in [0.05, 0.1) is 28.2 Å². The monoisotopic (exact) mass is 417 g/mol. The number of piperazine rings is 1. The molecule has 7 nitrogen and oxygen atoms in total. The largest absolute Gasteiger partial charge is 0.367 e. The van der Waals surface area contributed by atoms with E-state index >= 15 is 0 Å². The Balaban J connectivity index is 1.59. The van der Waals surface area contributed by atoms with E-state index in [0.29, 0.717) is 33.5 Å². The quantitative estimate of drug-likeness (QED) is 0.537. The Labute approximate surface area is 178 Å². The van der Waals surface area contributed by atoms with Crippen LogP contribution in [0.4, 0.5) is 5.69 Å². The highest BCUT2D eigenvalue weighted by Gasteiger charge is 2.18. The Kier molecular flexibility index (Phi) is 4.54. The van der Waals surface area contributed by atoms with Crippen LogP contribution in [0.1, 0.15) is 12.5 Å². The molecule has 1 fully saturated rings. The summed E-state index contributed by atoms with van der Waals surface area (Å²) in [5, 5.41) is 19.7. The van der Waals surface area contributed by atoms with Crippen molar-refractivity contribution in [1.82, 2.24) is 25.1 Å². The van der Waals surface area contributed by atoms with E-state index in [0.717, 1.165) is 41.7 Å². The Morgan fingerprint density at radius 2 is 2.13 bits per heavy atom. The first kappa shape index (κ1) is 18.8. The van der Waals surface area contributed by atoms with Crippen molar-refractivity contribution in [3.05, 3.63) is 47.2 Å². The molecule has 8 heteroatoms. The van der Waals surface area contributed by atoms with Gasteiger partial charge in [-0.1, -0.05) is 11.6 Å². The standard InChI is InChI=1S/C22H20ClN7/c1-13-11-30(4-3-25-13)17-7-18-19(23)8-20(27-22(18)26-10-17)14-5-15(9-24)21-16(6-14)12-29(2)28-21/h5-8,10,12-13,25H,3-4,11H2,1-2H3. The van der Waals surface area contributed by atoms with E-state index in [1.807, 2.05) is 31.6 Å². The number of nitrogens with zero attached hydrogens (tertiary/aromatic N) is 6. The minimum Gasteiger partial charge on any atom is -0.367 e. The molecule has 1 unspecified atom stereocenters. The van der Waals surface area contributed by atoms with Crippen LogP contribution < -0.4 is 10.2 Å². The van der Waals surface area contributed by atoms with Gasteiger partial charge < -0.3 is 10.2 Å². The number of aromatic nitrogens is 4. The van der Waals surface area contributed by atoms with Gasteiger partial charge in [-0.2, -0.15) is 10.4 Å². The lowest BCUT2D eigenvalue weighted by atomic mass is 10.0. The van der Waals surface area contributed by atoms with Crippen molar-refractivity contribution in [3.63, 3.8) is 0 Å². The van der Waals surface area contributed by atoms with Gasteiger partial charge in [0.15, 0.2) is 5.65 Å². The number of pyridine rings is 2. The summed E-state index contributed by atoms with van der Waals surface area (Å²) in [7, 11) is 1.84. The molecule has 0 bridgehead atoms. The highest BCUT2D eigenvalue weighted by Crippen LogP contribution is 2.32. The van der Waals surface area contributed by atoms with E-state index in [1.165, 1.54) is 0 Å². The van der Waals surface area contributed by atoms with Gasteiger partial charge in [-0.3, -0.25) is 4.68 Å². The van der Waals surface area contributed by atoms with E-state index in [4.69, 9.17) is 16.6 Å². The molecule has 4 aromatic rings. The minimum absolute atomic E-state index is 0.433. The van der Waals surface area contributed by atoms with E-state index in [2.05, 4.69) is 39.4 Å². The highest BCUT2D eigenvalue weighted by atomic mass is 35.5. The average molecular weight is 418 g/mol. The fourth-order valence-electron chi connectivity index (χ4n) is 4.03. The zero-order valence-corrected chi connectivity index (χ0v) is 17.5. The SMILES string of the molecule is CC1CN(c2cnc3nc(-c4cc(C#N)c5nn(C)cc5c4)cc(Cl)c3c2)CCN1. The molecule has 150 valence electrons. The maximum atomic E-state index is 9.55. The summed E-state index contributed by atoms with van der Waals surface area (Å²) < 4.78 is 1.70. The van der Waals surface area contributed by atoms with Gasteiger partial charge in [0.2, 0.25) is 0 Å². The Hall–Kier alpha value is -3.21. The third-order valence-electron chi connectivity index (χ3n) is 5.47. The van der Waals surface area contributed by atoms with Crippen LogP contribution in [0.3, 0.4) is 0 Å². The van der Waals surface area contributed by atoms with Crippen molar-refractivity contribution in [2.75, 3.05) is 24.5 Å². The second kappa shape index (κ2) is 7.24. The number of hydrogen-bond acceptors (Lipinski definition) is 6. The van der Waals surface area contributed by atoms with Gasteiger partial charge in [-0.15, -0.1) is 0 Å². The molecule has 0 amide bonds. The fourth-order valence-corrected chi connectivity index (χ4v) is 4.27. The molecular weight excluding hydrogens is 398 g/mol. The molecule has 30 heavy (non-hydrogen) atoms. The van der Waals surface area contributed by atoms with E-state index in [-0.39, 0.29) is 0 Å². The lowest BCUT2D eigenvalue weighted by molar-refractivity contribution is 0.484. The molecule has 1 aromatic carbocycles. The molecule has 1 N–H and O–H groups in total. The highest BCUT2D eigenvalue weighted by molar-refractivity contribution is 6.35. The van der Waals surface area contributed by atoms with E-state index in [9.17, 15) is 5.26 Å². The topological polar surface area (TPSA) is 82.7 Å². The molecule has 0 saturated carbocycles. The number of halogens is 1. The number of nitrogens with one attached hydrogen (secondary N) is 1. The predicted octanol–water partition coefficient (Wildman–Crippen LogP) is 3.51. The summed E-state index contributed by atoms with van der Waals surface area (Å²) >= 11 is 6.66. The second-order valence-corrected chi connectivity index (χ2v) is 8.14. The molecule has 1 aliphatic rings. The Bertz CT molecular complexity index is 1320. The summed E-state index contributed by atoms with van der Waals surface area (Å²) in [6.07, 6.45) is 3.75. The normalized spacial score (nSPS) is 16.9. The first-order chi connectivity index (χ1) is 14.5. The fraction of sp³-hybridized carbons (Fsp3) is 0.273. The maximum Gasteiger partial charge on any atom is 0.161 e. The molecular formula is C22H20ClN7. The summed E-state index contributed by atoms with van der Waals surface area (Å²) in [5.74, 6) is 0. The molecule has 3 aromatic heterocycles. The van der Waals surface area contributed by atoms with Crippen LogP contribution in [-0.2, 0) is 7.05 Å². The first-order valence-corrected chi connectivity index (χ1v) is 10.2. The van der Waals surface area contributed by atoms with Gasteiger partial charge in [-0.05, 0) is 31.2 Å². The van der Waals surface area contributed by atoms with Crippen molar-refractivity contribution in [2.24, 2.45) is 7.05 Å². The van der Waals surface area contributed by atoms with Crippen molar-refractivity contribution in [3.8, 4) is 17.3 Å². The van der Waals surface area contributed by atoms with E-state index < -0.39 is 0 Å². The summed E-state index contributed by atoms with van der Waals surface area (Å²) in [5.41, 5.74) is 4.34. The van der Waals surface area contributed by atoms with Crippen LogP contribution in [0.25, 0.3) is 33.2 Å². The minimum atomic E-state index is 0.433. The lowest BCUT2D eigenvalue weighted by Gasteiger charge is -2.33. The number of benzene rings is 1. The molecule has 0 spiro atoms. The predicted molar refractivity (Wildman–Crippen MR) is 119 cm³/mol. The molecule has 1 atom stereocenters. The summed E-state index contributed by atoms with van der Waals surface area (Å²) in [6, 6.07) is 10.3. The lowest BCUT2D eigenvalue weighted by Crippen LogP contribution is -2.49. The average Bonchev–Trinajstić information content (AvgIpc) is 3.13. The Morgan fingerprint density at radius 3 is 2.93 bits per heavy atom. The van der Waals surface area contributed by atoms with Crippen LogP contribution >= 0.6 is 11.6 Å². The van der Waals surface area contributed by atoms with Crippen molar-refractivity contribution in [2.45, 2.75) is 13.0 Å². The third-order valence-corrected chi connectivity index (χ3v) is 5.79. The van der Waals surface area contributed by atoms with Crippen LogP contribution in [0.15, 0.2) is 36.7 Å². The van der Waals surface area contributed by atoms with Crippen molar-refractivity contribution >= 4 is 39.2 Å². The zero-order chi connectivity index (χ0) is 20.8. The molecule has 1 aliphatic heterocycles. The zero-order valence-electron chi connectivity index (χ0n) is 16.7. The van der Waals surface area contributed by atoms with Crippen LogP contribution in [0.2, 0.25) is 5.02 Å². The number of aryl methyl sites for hydroxylation is 1. The maximum absolute atomic E-state index is 9.55. The van der Waals surface area contributed by atoms with Crippen LogP contribution in [0.5, 0.6) is 0 Å². The number of rotatable bonds is 2. The second-order valence-electron chi connectivity index (χ2n) is 7.73. The van der Waals surface area contributed by atoms with Gasteiger partial charge >= 0.3 is 0 Å². The smallest absolute Gasteiger partial charge is 0.161 e. The number of fused-ring (bicyclic) bond motifs is 2. The molecule has 0 aliphatic carbocycles. The van der Waals surface area contributed by atoms with Gasteiger partial charge in [0.25, 0.3) is 0 Å². The van der Waals surface area contributed by atoms with Gasteiger partial charge in [-0.25, -0.2) is 9.97 Å². The Morgan fingerprint density at radius 1 is 1.27 bits per heavy atom. The number of anilines is 1. The van der Waals surface area contributed by atoms with Gasteiger partial charge in [0, 0.05) is 55.3 Å². The molecule has 5 rings (SSSR count). The summed E-state index contributed by atoms with van der Waals surface area (Å²) in [4.78, 5) is 11.6.